The molecule has 0 unspecified atom stereocenters. The van der Waals surface area contributed by atoms with Gasteiger partial charge in [-0.15, -0.1) is 0 Å². The number of nitrogens with zero attached hydrogens (tertiary/aromatic N) is 1. The van der Waals surface area contributed by atoms with Gasteiger partial charge in [-0.1, -0.05) is 74.8 Å². The van der Waals surface area contributed by atoms with Crippen molar-refractivity contribution in [3.8, 4) is 5.75 Å². The molecule has 0 saturated carbocycles. The van der Waals surface area contributed by atoms with Gasteiger partial charge in [-0.3, -0.25) is 9.59 Å². The number of aliphatic carboxylic acids is 1. The molecule has 0 bridgehead atoms. The summed E-state index contributed by atoms with van der Waals surface area (Å²) >= 11 is 6.36. The number of carboxylic acids is 1. The first-order valence-electron chi connectivity index (χ1n) is 12.1. The Bertz CT molecular complexity index is 1280. The van der Waals surface area contributed by atoms with Crippen molar-refractivity contribution in [1.29, 1.82) is 0 Å². The van der Waals surface area contributed by atoms with Gasteiger partial charge in [0.05, 0.1) is 0 Å². The average molecular weight is 506 g/mol. The van der Waals surface area contributed by atoms with Crippen LogP contribution in [0, 0.1) is 0 Å². The fraction of sp³-hybridized carbons (Fsp3) is 0.333. The first-order valence-corrected chi connectivity index (χ1v) is 12.5. The fourth-order valence-corrected chi connectivity index (χ4v) is 4.88. The highest BCUT2D eigenvalue weighted by molar-refractivity contribution is 6.31. The maximum absolute atomic E-state index is 13.4. The maximum atomic E-state index is 13.4. The molecule has 0 fully saturated rings. The summed E-state index contributed by atoms with van der Waals surface area (Å²) < 4.78 is 6.27. The van der Waals surface area contributed by atoms with E-state index in [0.29, 0.717) is 23.4 Å². The van der Waals surface area contributed by atoms with Gasteiger partial charge in [-0.2, -0.15) is 0 Å². The van der Waals surface area contributed by atoms with E-state index in [1.54, 1.807) is 12.1 Å². The van der Waals surface area contributed by atoms with Crippen molar-refractivity contribution in [3.63, 3.8) is 0 Å². The molecular formula is C30H32ClNO4. The molecule has 188 valence electrons. The molecule has 1 heterocycles. The lowest BCUT2D eigenvalue weighted by atomic mass is 9.87. The minimum absolute atomic E-state index is 0.0158. The summed E-state index contributed by atoms with van der Waals surface area (Å²) in [6, 6.07) is 21.0. The number of benzene rings is 3. The predicted molar refractivity (Wildman–Crippen MR) is 142 cm³/mol. The number of fused-ring (bicyclic) bond motifs is 1. The van der Waals surface area contributed by atoms with Crippen LogP contribution in [0.25, 0.3) is 0 Å². The molecule has 1 aliphatic rings. The summed E-state index contributed by atoms with van der Waals surface area (Å²) in [4.78, 5) is 26.4. The van der Waals surface area contributed by atoms with E-state index < -0.39 is 11.6 Å². The van der Waals surface area contributed by atoms with Gasteiger partial charge in [0.25, 0.3) is 5.91 Å². The number of ether oxygens (including phenoxy) is 1. The highest BCUT2D eigenvalue weighted by Gasteiger charge is 2.36. The van der Waals surface area contributed by atoms with Gasteiger partial charge in [0, 0.05) is 30.0 Å². The van der Waals surface area contributed by atoms with Crippen LogP contribution in [-0.4, -0.2) is 34.0 Å². The van der Waals surface area contributed by atoms with Gasteiger partial charge in [0.2, 0.25) is 0 Å². The summed E-state index contributed by atoms with van der Waals surface area (Å²) in [7, 11) is 0. The Kier molecular flexibility index (Phi) is 7.14. The van der Waals surface area contributed by atoms with Crippen molar-refractivity contribution < 1.29 is 19.4 Å². The van der Waals surface area contributed by atoms with Crippen molar-refractivity contribution in [2.24, 2.45) is 0 Å². The lowest BCUT2D eigenvalue weighted by molar-refractivity contribution is -0.137. The summed E-state index contributed by atoms with van der Waals surface area (Å²) in [6.07, 6.45) is 1.27. The number of rotatable bonds is 7. The molecule has 36 heavy (non-hydrogen) atoms. The molecule has 1 atom stereocenters. The number of amides is 1. The number of carboxylic acid groups (broad SMARTS) is 1. The molecule has 0 radical (unpaired) electrons. The van der Waals surface area contributed by atoms with E-state index in [9.17, 15) is 14.7 Å². The second-order valence-corrected chi connectivity index (χ2v) is 11.2. The monoisotopic (exact) mass is 505 g/mol. The first-order chi connectivity index (χ1) is 16.9. The molecule has 0 aromatic heterocycles. The van der Waals surface area contributed by atoms with Crippen LogP contribution in [0.5, 0.6) is 5.75 Å². The van der Waals surface area contributed by atoms with Crippen molar-refractivity contribution in [3.05, 3.63) is 99.6 Å². The molecule has 0 aliphatic carbocycles. The van der Waals surface area contributed by atoms with Crippen molar-refractivity contribution in [2.75, 3.05) is 6.54 Å². The topological polar surface area (TPSA) is 66.8 Å². The highest BCUT2D eigenvalue weighted by Crippen LogP contribution is 2.38. The van der Waals surface area contributed by atoms with E-state index in [-0.39, 0.29) is 24.4 Å². The molecule has 6 heteroatoms. The van der Waals surface area contributed by atoms with Crippen molar-refractivity contribution in [1.82, 2.24) is 4.90 Å². The standard InChI is InChI=1S/C30H32ClNO4/c1-29(2,3)24-12-9-20(10-13-24)18-32(19-27(33)34)28(35)21-11-14-26-23(15-21)17-30(4,36-26)16-22-7-5-6-8-25(22)31/h5-15H,16-19H2,1-4H3,(H,33,34)/t30-/m1/s1. The predicted octanol–water partition coefficient (Wildman–Crippen LogP) is 6.30. The summed E-state index contributed by atoms with van der Waals surface area (Å²) in [6.45, 7) is 8.29. The Labute approximate surface area is 217 Å². The van der Waals surface area contributed by atoms with Crippen LogP contribution in [-0.2, 0) is 29.6 Å². The quantitative estimate of drug-likeness (QED) is 0.409. The van der Waals surface area contributed by atoms with E-state index in [1.807, 2.05) is 61.5 Å². The fourth-order valence-electron chi connectivity index (χ4n) is 4.67. The van der Waals surface area contributed by atoms with Crippen LogP contribution in [0.3, 0.4) is 0 Å². The smallest absolute Gasteiger partial charge is 0.323 e. The zero-order valence-corrected chi connectivity index (χ0v) is 21.9. The second kappa shape index (κ2) is 9.98. The Balaban J connectivity index is 1.52. The molecule has 0 spiro atoms. The molecule has 4 rings (SSSR count). The van der Waals surface area contributed by atoms with Crippen LogP contribution in [0.2, 0.25) is 5.02 Å². The third kappa shape index (κ3) is 5.90. The molecule has 0 saturated heterocycles. The van der Waals surface area contributed by atoms with Crippen molar-refractivity contribution in [2.45, 2.75) is 58.1 Å². The SMILES string of the molecule is CC(C)(C)c1ccc(CN(CC(=O)O)C(=O)c2ccc3c(c2)C[C@@](C)(Cc2ccccc2Cl)O3)cc1. The zero-order chi connectivity index (χ0) is 26.1. The molecule has 1 amide bonds. The number of halogens is 1. The minimum Gasteiger partial charge on any atom is -0.487 e. The van der Waals surface area contributed by atoms with Gasteiger partial charge >= 0.3 is 5.97 Å². The zero-order valence-electron chi connectivity index (χ0n) is 21.2. The third-order valence-corrected chi connectivity index (χ3v) is 6.93. The normalized spacial score (nSPS) is 16.8. The van der Waals surface area contributed by atoms with E-state index in [4.69, 9.17) is 16.3 Å². The van der Waals surface area contributed by atoms with Crippen LogP contribution in [0.15, 0.2) is 66.7 Å². The average Bonchev–Trinajstić information content (AvgIpc) is 3.14. The number of carbonyl (C=O) groups is 2. The lowest BCUT2D eigenvalue weighted by Crippen LogP contribution is -2.35. The van der Waals surface area contributed by atoms with Gasteiger partial charge in [-0.05, 0) is 58.9 Å². The van der Waals surface area contributed by atoms with Crippen LogP contribution >= 0.6 is 11.6 Å². The third-order valence-electron chi connectivity index (χ3n) is 6.56. The summed E-state index contributed by atoms with van der Waals surface area (Å²) in [5.74, 6) is -0.630. The van der Waals surface area contributed by atoms with Gasteiger partial charge < -0.3 is 14.7 Å². The van der Waals surface area contributed by atoms with Crippen molar-refractivity contribution >= 4 is 23.5 Å². The van der Waals surface area contributed by atoms with Gasteiger partial charge in [-0.25, -0.2) is 0 Å². The largest absolute Gasteiger partial charge is 0.487 e. The summed E-state index contributed by atoms with van der Waals surface area (Å²) in [5, 5.41) is 10.2. The van der Waals surface area contributed by atoms with E-state index in [1.165, 1.54) is 10.5 Å². The van der Waals surface area contributed by atoms with Crippen LogP contribution in [0.4, 0.5) is 0 Å². The number of carbonyl (C=O) groups excluding carboxylic acids is 1. The van der Waals surface area contributed by atoms with E-state index >= 15 is 0 Å². The first kappa shape index (κ1) is 25.8. The molecular weight excluding hydrogens is 474 g/mol. The molecule has 3 aromatic carbocycles. The highest BCUT2D eigenvalue weighted by atomic mass is 35.5. The minimum atomic E-state index is -1.05. The van der Waals surface area contributed by atoms with Crippen LogP contribution in [0.1, 0.15) is 60.3 Å². The maximum Gasteiger partial charge on any atom is 0.323 e. The second-order valence-electron chi connectivity index (χ2n) is 10.8. The summed E-state index contributed by atoms with van der Waals surface area (Å²) in [5.41, 5.74) is 3.99. The Morgan fingerprint density at radius 1 is 1.06 bits per heavy atom. The Morgan fingerprint density at radius 2 is 1.75 bits per heavy atom. The molecule has 5 nitrogen and oxygen atoms in total. The number of hydrogen-bond acceptors (Lipinski definition) is 3. The van der Waals surface area contributed by atoms with Gasteiger partial charge in [0.15, 0.2) is 0 Å². The lowest BCUT2D eigenvalue weighted by Gasteiger charge is -2.24. The van der Waals surface area contributed by atoms with Gasteiger partial charge in [0.1, 0.15) is 17.9 Å². The Hall–Kier alpha value is -3.31. The molecule has 1 aliphatic heterocycles. The molecule has 1 N–H and O–H groups in total. The van der Waals surface area contributed by atoms with E-state index in [0.717, 1.165) is 22.4 Å². The Morgan fingerprint density at radius 3 is 2.39 bits per heavy atom. The van der Waals surface area contributed by atoms with E-state index in [2.05, 4.69) is 20.8 Å². The molecule has 3 aromatic rings. The van der Waals surface area contributed by atoms with Crippen LogP contribution < -0.4 is 4.74 Å². The number of hydrogen-bond donors (Lipinski definition) is 1.